The lowest BCUT2D eigenvalue weighted by atomic mass is 9.90. The quantitative estimate of drug-likeness (QED) is 0.759. The summed E-state index contributed by atoms with van der Waals surface area (Å²) in [6.45, 7) is 1.11. The Morgan fingerprint density at radius 2 is 2.04 bits per heavy atom. The largest absolute Gasteiger partial charge is 0.497 e. The molecule has 0 fully saturated rings. The smallest absolute Gasteiger partial charge is 0.254 e. The minimum atomic E-state index is 0.00563. The Morgan fingerprint density at radius 1 is 1.21 bits per heavy atom. The van der Waals surface area contributed by atoms with Crippen molar-refractivity contribution in [2.24, 2.45) is 0 Å². The highest BCUT2D eigenvalue weighted by Gasteiger charge is 2.32. The summed E-state index contributed by atoms with van der Waals surface area (Å²) in [7, 11) is 5.61. The third kappa shape index (κ3) is 3.33. The average Bonchev–Trinajstić information content (AvgIpc) is 3.21. The zero-order valence-electron chi connectivity index (χ0n) is 16.3. The molecule has 144 valence electrons. The number of H-pyrrole nitrogens is 1. The third-order valence-corrected chi connectivity index (χ3v) is 5.23. The SMILES string of the molecule is COc1cccc(C2CN(C(=O)c3cccc(N(C)C)c3)Cc3[nH]cnc32)c1. The fourth-order valence-corrected chi connectivity index (χ4v) is 3.70. The molecule has 0 saturated heterocycles. The minimum absolute atomic E-state index is 0.00563. The molecule has 6 nitrogen and oxygen atoms in total. The molecule has 1 aliphatic rings. The summed E-state index contributed by atoms with van der Waals surface area (Å²) in [6.07, 6.45) is 1.71. The van der Waals surface area contributed by atoms with E-state index in [0.717, 1.165) is 28.4 Å². The molecule has 1 aliphatic heterocycles. The fourth-order valence-electron chi connectivity index (χ4n) is 3.70. The Hall–Kier alpha value is -3.28. The van der Waals surface area contributed by atoms with Gasteiger partial charge in [0, 0.05) is 37.8 Å². The van der Waals surface area contributed by atoms with E-state index in [9.17, 15) is 4.79 Å². The molecule has 3 aromatic rings. The molecule has 1 atom stereocenters. The van der Waals surface area contributed by atoms with Crippen molar-refractivity contribution in [2.45, 2.75) is 12.5 Å². The van der Waals surface area contributed by atoms with Gasteiger partial charge in [-0.15, -0.1) is 0 Å². The average molecular weight is 376 g/mol. The third-order valence-electron chi connectivity index (χ3n) is 5.23. The van der Waals surface area contributed by atoms with E-state index in [1.807, 2.05) is 66.4 Å². The molecular formula is C22H24N4O2. The number of benzene rings is 2. The zero-order valence-corrected chi connectivity index (χ0v) is 16.3. The van der Waals surface area contributed by atoms with Crippen LogP contribution in [0.3, 0.4) is 0 Å². The second-order valence-corrected chi connectivity index (χ2v) is 7.23. The van der Waals surface area contributed by atoms with Gasteiger partial charge in [0.05, 0.1) is 31.4 Å². The van der Waals surface area contributed by atoms with Gasteiger partial charge in [-0.25, -0.2) is 4.98 Å². The van der Waals surface area contributed by atoms with Crippen molar-refractivity contribution in [1.29, 1.82) is 0 Å². The predicted molar refractivity (Wildman–Crippen MR) is 109 cm³/mol. The molecule has 0 bridgehead atoms. The van der Waals surface area contributed by atoms with E-state index in [0.29, 0.717) is 18.7 Å². The highest BCUT2D eigenvalue weighted by molar-refractivity contribution is 5.95. The van der Waals surface area contributed by atoms with Gasteiger partial charge in [-0.05, 0) is 35.9 Å². The molecule has 0 radical (unpaired) electrons. The van der Waals surface area contributed by atoms with Crippen LogP contribution in [0, 0.1) is 0 Å². The molecule has 4 rings (SSSR count). The van der Waals surface area contributed by atoms with E-state index in [1.165, 1.54) is 0 Å². The molecule has 6 heteroatoms. The van der Waals surface area contributed by atoms with Crippen molar-refractivity contribution in [3.05, 3.63) is 77.4 Å². The number of rotatable bonds is 4. The number of carbonyl (C=O) groups is 1. The van der Waals surface area contributed by atoms with Gasteiger partial charge >= 0.3 is 0 Å². The summed E-state index contributed by atoms with van der Waals surface area (Å²) in [5.74, 6) is 0.833. The van der Waals surface area contributed by atoms with Crippen LogP contribution in [-0.2, 0) is 6.54 Å². The molecule has 0 aliphatic carbocycles. The molecule has 2 aromatic carbocycles. The van der Waals surface area contributed by atoms with E-state index in [1.54, 1.807) is 13.4 Å². The number of hydrogen-bond donors (Lipinski definition) is 1. The molecular weight excluding hydrogens is 352 g/mol. The molecule has 1 aromatic heterocycles. The lowest BCUT2D eigenvalue weighted by Gasteiger charge is -2.32. The first kappa shape index (κ1) is 18.1. The van der Waals surface area contributed by atoms with Crippen molar-refractivity contribution in [3.8, 4) is 5.75 Å². The summed E-state index contributed by atoms with van der Waals surface area (Å²) in [6, 6.07) is 15.7. The first-order valence-corrected chi connectivity index (χ1v) is 9.29. The number of nitrogens with zero attached hydrogens (tertiary/aromatic N) is 3. The number of imidazole rings is 1. The first-order chi connectivity index (χ1) is 13.6. The van der Waals surface area contributed by atoms with Crippen LogP contribution >= 0.6 is 0 Å². The number of aromatic nitrogens is 2. The number of aromatic amines is 1. The van der Waals surface area contributed by atoms with Crippen LogP contribution in [0.15, 0.2) is 54.9 Å². The molecule has 1 N–H and O–H groups in total. The lowest BCUT2D eigenvalue weighted by molar-refractivity contribution is 0.0722. The van der Waals surface area contributed by atoms with E-state index < -0.39 is 0 Å². The summed E-state index contributed by atoms with van der Waals surface area (Å²) in [4.78, 5) is 24.9. The topological polar surface area (TPSA) is 61.5 Å². The Labute approximate surface area is 164 Å². The van der Waals surface area contributed by atoms with Crippen LogP contribution in [0.5, 0.6) is 5.75 Å². The van der Waals surface area contributed by atoms with E-state index in [-0.39, 0.29) is 11.8 Å². The zero-order chi connectivity index (χ0) is 19.7. The van der Waals surface area contributed by atoms with Crippen LogP contribution in [-0.4, -0.2) is 48.5 Å². The van der Waals surface area contributed by atoms with Gasteiger partial charge < -0.3 is 19.5 Å². The van der Waals surface area contributed by atoms with Gasteiger partial charge in [0.1, 0.15) is 5.75 Å². The monoisotopic (exact) mass is 376 g/mol. The number of hydrogen-bond acceptors (Lipinski definition) is 4. The lowest BCUT2D eigenvalue weighted by Crippen LogP contribution is -2.38. The van der Waals surface area contributed by atoms with Crippen LogP contribution in [0.4, 0.5) is 5.69 Å². The van der Waals surface area contributed by atoms with Crippen molar-refractivity contribution in [2.75, 3.05) is 32.6 Å². The Balaban J connectivity index is 1.67. The molecule has 28 heavy (non-hydrogen) atoms. The normalized spacial score (nSPS) is 15.8. The Bertz CT molecular complexity index is 995. The number of carbonyl (C=O) groups excluding carboxylic acids is 1. The van der Waals surface area contributed by atoms with E-state index in [4.69, 9.17) is 4.74 Å². The second kappa shape index (κ2) is 7.38. The highest BCUT2D eigenvalue weighted by atomic mass is 16.5. The number of anilines is 1. The van der Waals surface area contributed by atoms with Crippen molar-refractivity contribution < 1.29 is 9.53 Å². The number of nitrogens with one attached hydrogen (secondary N) is 1. The Kier molecular flexibility index (Phi) is 4.77. The van der Waals surface area contributed by atoms with E-state index in [2.05, 4.69) is 16.0 Å². The second-order valence-electron chi connectivity index (χ2n) is 7.23. The molecule has 0 spiro atoms. The molecule has 0 saturated carbocycles. The van der Waals surface area contributed by atoms with E-state index >= 15 is 0 Å². The van der Waals surface area contributed by atoms with Gasteiger partial charge in [0.15, 0.2) is 0 Å². The van der Waals surface area contributed by atoms with Crippen molar-refractivity contribution >= 4 is 11.6 Å². The summed E-state index contributed by atoms with van der Waals surface area (Å²) >= 11 is 0. The summed E-state index contributed by atoms with van der Waals surface area (Å²) in [5, 5.41) is 0. The maximum absolute atomic E-state index is 13.3. The Morgan fingerprint density at radius 3 is 2.82 bits per heavy atom. The van der Waals surface area contributed by atoms with Crippen molar-refractivity contribution in [3.63, 3.8) is 0 Å². The standard InChI is InChI=1S/C22H24N4O2/c1-25(2)17-8-4-7-16(10-17)22(27)26-12-19(21-20(13-26)23-14-24-21)15-6-5-9-18(11-15)28-3/h4-11,14,19H,12-13H2,1-3H3,(H,23,24). The highest BCUT2D eigenvalue weighted by Crippen LogP contribution is 2.33. The van der Waals surface area contributed by atoms with Crippen LogP contribution < -0.4 is 9.64 Å². The van der Waals surface area contributed by atoms with Crippen LogP contribution in [0.25, 0.3) is 0 Å². The number of fused-ring (bicyclic) bond motifs is 1. The molecule has 2 heterocycles. The first-order valence-electron chi connectivity index (χ1n) is 9.29. The summed E-state index contributed by atoms with van der Waals surface area (Å²) < 4.78 is 5.38. The fraction of sp³-hybridized carbons (Fsp3) is 0.273. The maximum Gasteiger partial charge on any atom is 0.254 e. The summed E-state index contributed by atoms with van der Waals surface area (Å²) in [5.41, 5.74) is 4.77. The van der Waals surface area contributed by atoms with Crippen LogP contribution in [0.2, 0.25) is 0 Å². The van der Waals surface area contributed by atoms with Gasteiger partial charge in [0.25, 0.3) is 5.91 Å². The van der Waals surface area contributed by atoms with Gasteiger partial charge in [0.2, 0.25) is 0 Å². The molecule has 1 amide bonds. The van der Waals surface area contributed by atoms with Crippen LogP contribution in [0.1, 0.15) is 33.2 Å². The van der Waals surface area contributed by atoms with Gasteiger partial charge in [-0.1, -0.05) is 18.2 Å². The van der Waals surface area contributed by atoms with Gasteiger partial charge in [-0.2, -0.15) is 0 Å². The number of amides is 1. The predicted octanol–water partition coefficient (Wildman–Crippen LogP) is 3.27. The number of ether oxygens (including phenoxy) is 1. The number of methoxy groups -OCH3 is 1. The van der Waals surface area contributed by atoms with Gasteiger partial charge in [-0.3, -0.25) is 4.79 Å². The maximum atomic E-state index is 13.3. The molecule has 1 unspecified atom stereocenters. The minimum Gasteiger partial charge on any atom is -0.497 e. The van der Waals surface area contributed by atoms with Crippen molar-refractivity contribution in [1.82, 2.24) is 14.9 Å².